The molecule has 0 aliphatic carbocycles. The molecule has 23 heavy (non-hydrogen) atoms. The maximum atomic E-state index is 4.89. The van der Waals surface area contributed by atoms with Gasteiger partial charge in [0, 0.05) is 38.6 Å². The SMILES string of the molecule is Cc1ccc(C)c2sc(N3CCN(c4ncccn4)CC3)nc12. The van der Waals surface area contributed by atoms with Crippen molar-refractivity contribution in [2.45, 2.75) is 13.8 Å². The van der Waals surface area contributed by atoms with E-state index in [0.29, 0.717) is 0 Å². The van der Waals surface area contributed by atoms with Crippen molar-refractivity contribution < 1.29 is 0 Å². The molecule has 0 spiro atoms. The molecule has 3 heterocycles. The molecule has 4 rings (SSSR count). The van der Waals surface area contributed by atoms with Gasteiger partial charge in [-0.05, 0) is 31.0 Å². The van der Waals surface area contributed by atoms with E-state index in [2.05, 4.69) is 45.7 Å². The second kappa shape index (κ2) is 5.77. The number of piperazine rings is 1. The van der Waals surface area contributed by atoms with Gasteiger partial charge in [-0.3, -0.25) is 0 Å². The molecule has 1 aliphatic rings. The molecule has 6 heteroatoms. The van der Waals surface area contributed by atoms with Gasteiger partial charge in [-0.1, -0.05) is 23.5 Å². The molecule has 5 nitrogen and oxygen atoms in total. The molecule has 0 radical (unpaired) electrons. The smallest absolute Gasteiger partial charge is 0.225 e. The molecular weight excluding hydrogens is 306 g/mol. The second-order valence-electron chi connectivity index (χ2n) is 5.90. The highest BCUT2D eigenvalue weighted by Gasteiger charge is 2.21. The van der Waals surface area contributed by atoms with E-state index in [9.17, 15) is 0 Å². The maximum Gasteiger partial charge on any atom is 0.225 e. The van der Waals surface area contributed by atoms with Gasteiger partial charge in [0.15, 0.2) is 5.13 Å². The summed E-state index contributed by atoms with van der Waals surface area (Å²) in [7, 11) is 0. The fourth-order valence-corrected chi connectivity index (χ4v) is 4.10. The lowest BCUT2D eigenvalue weighted by atomic mass is 10.1. The average molecular weight is 325 g/mol. The van der Waals surface area contributed by atoms with Crippen molar-refractivity contribution in [2.24, 2.45) is 0 Å². The summed E-state index contributed by atoms with van der Waals surface area (Å²) >= 11 is 1.81. The Morgan fingerprint density at radius 2 is 1.57 bits per heavy atom. The van der Waals surface area contributed by atoms with Gasteiger partial charge in [0.1, 0.15) is 0 Å². The monoisotopic (exact) mass is 325 g/mol. The van der Waals surface area contributed by atoms with Gasteiger partial charge in [0.25, 0.3) is 0 Å². The largest absolute Gasteiger partial charge is 0.345 e. The van der Waals surface area contributed by atoms with Crippen LogP contribution in [0.15, 0.2) is 30.6 Å². The standard InChI is InChI=1S/C17H19N5S/c1-12-4-5-13(2)15-14(12)20-17(23-15)22-10-8-21(9-11-22)16-18-6-3-7-19-16/h3-7H,8-11H2,1-2H3. The normalized spacial score (nSPS) is 15.4. The lowest BCUT2D eigenvalue weighted by Gasteiger charge is -2.34. The number of hydrogen-bond donors (Lipinski definition) is 0. The zero-order valence-corrected chi connectivity index (χ0v) is 14.2. The number of aromatic nitrogens is 3. The minimum atomic E-state index is 0.822. The van der Waals surface area contributed by atoms with Crippen molar-refractivity contribution in [1.82, 2.24) is 15.0 Å². The fraction of sp³-hybridized carbons (Fsp3) is 0.353. The van der Waals surface area contributed by atoms with Gasteiger partial charge < -0.3 is 9.80 Å². The van der Waals surface area contributed by atoms with Crippen LogP contribution in [0.5, 0.6) is 0 Å². The Morgan fingerprint density at radius 3 is 2.26 bits per heavy atom. The maximum absolute atomic E-state index is 4.89. The Balaban J connectivity index is 1.55. The quantitative estimate of drug-likeness (QED) is 0.725. The van der Waals surface area contributed by atoms with Crippen LogP contribution >= 0.6 is 11.3 Å². The Labute approximate surface area is 139 Å². The zero-order chi connectivity index (χ0) is 15.8. The third-order valence-corrected chi connectivity index (χ3v) is 5.57. The van der Waals surface area contributed by atoms with E-state index in [1.807, 2.05) is 6.07 Å². The first-order chi connectivity index (χ1) is 11.2. The highest BCUT2D eigenvalue weighted by molar-refractivity contribution is 7.22. The first-order valence-corrected chi connectivity index (χ1v) is 8.68. The van der Waals surface area contributed by atoms with Crippen molar-refractivity contribution in [3.05, 3.63) is 41.7 Å². The number of anilines is 2. The highest BCUT2D eigenvalue weighted by atomic mass is 32.1. The Kier molecular flexibility index (Phi) is 3.61. The summed E-state index contributed by atoms with van der Waals surface area (Å²) in [6.45, 7) is 8.06. The van der Waals surface area contributed by atoms with E-state index in [1.165, 1.54) is 15.8 Å². The van der Waals surface area contributed by atoms with E-state index < -0.39 is 0 Å². The molecule has 3 aromatic rings. The molecule has 0 N–H and O–H groups in total. The minimum absolute atomic E-state index is 0.822. The summed E-state index contributed by atoms with van der Waals surface area (Å²) in [6.07, 6.45) is 3.60. The molecule has 0 saturated carbocycles. The van der Waals surface area contributed by atoms with Crippen molar-refractivity contribution in [3.8, 4) is 0 Å². The summed E-state index contributed by atoms with van der Waals surface area (Å²) in [5.41, 5.74) is 3.72. The van der Waals surface area contributed by atoms with Crippen LogP contribution in [-0.2, 0) is 0 Å². The Bertz CT molecular complexity index is 783. The summed E-state index contributed by atoms with van der Waals surface area (Å²) in [6, 6.07) is 6.20. The molecule has 0 atom stereocenters. The molecule has 1 aromatic carbocycles. The molecule has 0 amide bonds. The third kappa shape index (κ3) is 2.63. The second-order valence-corrected chi connectivity index (χ2v) is 6.87. The van der Waals surface area contributed by atoms with Crippen LogP contribution in [0.2, 0.25) is 0 Å². The van der Waals surface area contributed by atoms with Crippen LogP contribution in [0.25, 0.3) is 10.2 Å². The Hall–Kier alpha value is -2.21. The summed E-state index contributed by atoms with van der Waals surface area (Å²) in [4.78, 5) is 18.2. The molecule has 1 fully saturated rings. The lowest BCUT2D eigenvalue weighted by molar-refractivity contribution is 0.639. The van der Waals surface area contributed by atoms with E-state index in [4.69, 9.17) is 4.98 Å². The predicted octanol–water partition coefficient (Wildman–Crippen LogP) is 3.03. The lowest BCUT2D eigenvalue weighted by Crippen LogP contribution is -2.47. The molecule has 1 saturated heterocycles. The number of benzene rings is 1. The van der Waals surface area contributed by atoms with Gasteiger partial charge >= 0.3 is 0 Å². The number of aryl methyl sites for hydroxylation is 2. The van der Waals surface area contributed by atoms with Crippen LogP contribution in [0.4, 0.5) is 11.1 Å². The van der Waals surface area contributed by atoms with Crippen molar-refractivity contribution >= 4 is 32.6 Å². The first kappa shape index (κ1) is 14.4. The molecule has 118 valence electrons. The number of rotatable bonds is 2. The fourth-order valence-electron chi connectivity index (χ4n) is 2.94. The van der Waals surface area contributed by atoms with E-state index in [1.54, 1.807) is 23.7 Å². The van der Waals surface area contributed by atoms with Crippen LogP contribution in [0.3, 0.4) is 0 Å². The zero-order valence-electron chi connectivity index (χ0n) is 13.4. The molecule has 0 bridgehead atoms. The summed E-state index contributed by atoms with van der Waals surface area (Å²) in [5, 5.41) is 1.13. The van der Waals surface area contributed by atoms with Gasteiger partial charge in [-0.15, -0.1) is 0 Å². The Morgan fingerprint density at radius 1 is 0.913 bits per heavy atom. The average Bonchev–Trinajstić information content (AvgIpc) is 3.06. The molecule has 1 aliphatic heterocycles. The highest BCUT2D eigenvalue weighted by Crippen LogP contribution is 2.33. The van der Waals surface area contributed by atoms with E-state index in [-0.39, 0.29) is 0 Å². The summed E-state index contributed by atoms with van der Waals surface area (Å²) < 4.78 is 1.31. The van der Waals surface area contributed by atoms with Gasteiger partial charge in [-0.2, -0.15) is 0 Å². The molecule has 0 unspecified atom stereocenters. The first-order valence-electron chi connectivity index (χ1n) is 7.86. The third-order valence-electron chi connectivity index (χ3n) is 4.32. The van der Waals surface area contributed by atoms with Crippen molar-refractivity contribution in [3.63, 3.8) is 0 Å². The molecule has 2 aromatic heterocycles. The number of thiazole rings is 1. The number of nitrogens with zero attached hydrogens (tertiary/aromatic N) is 5. The van der Waals surface area contributed by atoms with Crippen LogP contribution < -0.4 is 9.80 Å². The van der Waals surface area contributed by atoms with Crippen molar-refractivity contribution in [1.29, 1.82) is 0 Å². The van der Waals surface area contributed by atoms with Crippen molar-refractivity contribution in [2.75, 3.05) is 36.0 Å². The van der Waals surface area contributed by atoms with Crippen LogP contribution in [0.1, 0.15) is 11.1 Å². The minimum Gasteiger partial charge on any atom is -0.345 e. The van der Waals surface area contributed by atoms with Crippen LogP contribution in [0, 0.1) is 13.8 Å². The van der Waals surface area contributed by atoms with E-state index >= 15 is 0 Å². The van der Waals surface area contributed by atoms with E-state index in [0.717, 1.165) is 42.8 Å². The van der Waals surface area contributed by atoms with Gasteiger partial charge in [0.2, 0.25) is 5.95 Å². The van der Waals surface area contributed by atoms with Gasteiger partial charge in [-0.25, -0.2) is 15.0 Å². The number of hydrogen-bond acceptors (Lipinski definition) is 6. The predicted molar refractivity (Wildman–Crippen MR) is 95.6 cm³/mol. The number of fused-ring (bicyclic) bond motifs is 1. The summed E-state index contributed by atoms with van der Waals surface area (Å²) in [5.74, 6) is 0.822. The van der Waals surface area contributed by atoms with Gasteiger partial charge in [0.05, 0.1) is 10.2 Å². The molecular formula is C17H19N5S. The topological polar surface area (TPSA) is 45.2 Å². The van der Waals surface area contributed by atoms with Crippen LogP contribution in [-0.4, -0.2) is 41.1 Å².